The SMILES string of the molecule is CC(C)C1(O)CN(C(=O)c2cc(Br)ccc2I)C1. The van der Waals surface area contributed by atoms with E-state index in [9.17, 15) is 9.90 Å². The van der Waals surface area contributed by atoms with Crippen molar-refractivity contribution in [1.82, 2.24) is 4.90 Å². The van der Waals surface area contributed by atoms with Gasteiger partial charge >= 0.3 is 0 Å². The van der Waals surface area contributed by atoms with E-state index in [1.54, 1.807) is 4.90 Å². The maximum Gasteiger partial charge on any atom is 0.255 e. The predicted molar refractivity (Wildman–Crippen MR) is 82.6 cm³/mol. The molecule has 1 fully saturated rings. The highest BCUT2D eigenvalue weighted by atomic mass is 127. The van der Waals surface area contributed by atoms with E-state index in [1.807, 2.05) is 32.0 Å². The molecular weight excluding hydrogens is 409 g/mol. The van der Waals surface area contributed by atoms with Crippen LogP contribution in [0.4, 0.5) is 0 Å². The average Bonchev–Trinajstić information content (AvgIpc) is 2.27. The zero-order valence-electron chi connectivity index (χ0n) is 10.3. The predicted octanol–water partition coefficient (Wildman–Crippen LogP) is 2.90. The zero-order chi connectivity index (χ0) is 13.5. The van der Waals surface area contributed by atoms with E-state index in [0.717, 1.165) is 8.04 Å². The number of likely N-dealkylation sites (tertiary alicyclic amines) is 1. The van der Waals surface area contributed by atoms with Crippen LogP contribution < -0.4 is 0 Å². The molecule has 0 aromatic heterocycles. The van der Waals surface area contributed by atoms with Crippen LogP contribution >= 0.6 is 38.5 Å². The first-order chi connectivity index (χ1) is 8.33. The highest BCUT2D eigenvalue weighted by molar-refractivity contribution is 14.1. The first-order valence-electron chi connectivity index (χ1n) is 5.80. The molecule has 1 saturated heterocycles. The summed E-state index contributed by atoms with van der Waals surface area (Å²) in [7, 11) is 0. The summed E-state index contributed by atoms with van der Waals surface area (Å²) in [5.74, 6) is 0.161. The molecule has 1 aliphatic heterocycles. The molecule has 0 unspecified atom stereocenters. The third-order valence-electron chi connectivity index (χ3n) is 3.45. The van der Waals surface area contributed by atoms with Crippen LogP contribution in [0.2, 0.25) is 0 Å². The van der Waals surface area contributed by atoms with Crippen molar-refractivity contribution in [1.29, 1.82) is 0 Å². The number of hydrogen-bond donors (Lipinski definition) is 1. The van der Waals surface area contributed by atoms with E-state index in [4.69, 9.17) is 0 Å². The van der Waals surface area contributed by atoms with Gasteiger partial charge in [0.15, 0.2) is 0 Å². The summed E-state index contributed by atoms with van der Waals surface area (Å²) in [5.41, 5.74) is -0.0246. The van der Waals surface area contributed by atoms with Crippen molar-refractivity contribution in [3.05, 3.63) is 31.8 Å². The maximum absolute atomic E-state index is 12.3. The largest absolute Gasteiger partial charge is 0.386 e. The summed E-state index contributed by atoms with van der Waals surface area (Å²) in [4.78, 5) is 14.0. The van der Waals surface area contributed by atoms with Crippen LogP contribution in [0.3, 0.4) is 0 Å². The Morgan fingerprint density at radius 1 is 1.50 bits per heavy atom. The molecule has 1 aliphatic rings. The Morgan fingerprint density at radius 2 is 2.11 bits per heavy atom. The molecule has 2 rings (SSSR count). The Kier molecular flexibility index (Phi) is 4.04. The van der Waals surface area contributed by atoms with Gasteiger partial charge in [-0.2, -0.15) is 0 Å². The standard InChI is InChI=1S/C13H15BrINO2/c1-8(2)13(18)6-16(7-13)12(17)10-5-9(14)3-4-11(10)15/h3-5,8,18H,6-7H2,1-2H3. The van der Waals surface area contributed by atoms with Gasteiger partial charge in [-0.1, -0.05) is 29.8 Å². The highest BCUT2D eigenvalue weighted by Gasteiger charge is 2.46. The van der Waals surface area contributed by atoms with Crippen molar-refractivity contribution in [2.45, 2.75) is 19.4 Å². The van der Waals surface area contributed by atoms with Gasteiger partial charge in [-0.25, -0.2) is 0 Å². The van der Waals surface area contributed by atoms with Crippen LogP contribution in [0.25, 0.3) is 0 Å². The minimum Gasteiger partial charge on any atom is -0.386 e. The van der Waals surface area contributed by atoms with Gasteiger partial charge in [-0.15, -0.1) is 0 Å². The summed E-state index contributed by atoms with van der Waals surface area (Å²) in [6, 6.07) is 5.66. The summed E-state index contributed by atoms with van der Waals surface area (Å²) in [6.45, 7) is 4.80. The lowest BCUT2D eigenvalue weighted by Gasteiger charge is -2.49. The highest BCUT2D eigenvalue weighted by Crippen LogP contribution is 2.31. The fourth-order valence-corrected chi connectivity index (χ4v) is 2.88. The van der Waals surface area contributed by atoms with Crippen molar-refractivity contribution < 1.29 is 9.90 Å². The molecule has 98 valence electrons. The number of amides is 1. The lowest BCUT2D eigenvalue weighted by molar-refractivity contribution is -0.110. The second-order valence-corrected chi connectivity index (χ2v) is 7.12. The molecule has 18 heavy (non-hydrogen) atoms. The number of carbonyl (C=O) groups is 1. The van der Waals surface area contributed by atoms with E-state index >= 15 is 0 Å². The topological polar surface area (TPSA) is 40.5 Å². The Labute approximate surface area is 129 Å². The van der Waals surface area contributed by atoms with Gasteiger partial charge < -0.3 is 10.0 Å². The van der Waals surface area contributed by atoms with Gasteiger partial charge in [-0.05, 0) is 46.7 Å². The average molecular weight is 424 g/mol. The molecule has 0 radical (unpaired) electrons. The molecular formula is C13H15BrINO2. The van der Waals surface area contributed by atoms with Crippen molar-refractivity contribution in [2.24, 2.45) is 5.92 Å². The summed E-state index contributed by atoms with van der Waals surface area (Å²) in [6.07, 6.45) is 0. The van der Waals surface area contributed by atoms with Crippen molar-refractivity contribution in [3.8, 4) is 0 Å². The van der Waals surface area contributed by atoms with E-state index in [-0.39, 0.29) is 11.8 Å². The van der Waals surface area contributed by atoms with Crippen LogP contribution in [0.15, 0.2) is 22.7 Å². The number of nitrogens with zero attached hydrogens (tertiary/aromatic N) is 1. The number of rotatable bonds is 2. The van der Waals surface area contributed by atoms with E-state index in [2.05, 4.69) is 38.5 Å². The van der Waals surface area contributed by atoms with Gasteiger partial charge in [-0.3, -0.25) is 4.79 Å². The van der Waals surface area contributed by atoms with Gasteiger partial charge in [0.2, 0.25) is 0 Å². The molecule has 5 heteroatoms. The molecule has 3 nitrogen and oxygen atoms in total. The van der Waals surface area contributed by atoms with Gasteiger partial charge in [0, 0.05) is 8.04 Å². The molecule has 0 saturated carbocycles. The van der Waals surface area contributed by atoms with Crippen molar-refractivity contribution in [3.63, 3.8) is 0 Å². The van der Waals surface area contributed by atoms with Crippen LogP contribution in [-0.2, 0) is 0 Å². The molecule has 0 atom stereocenters. The van der Waals surface area contributed by atoms with E-state index in [1.165, 1.54) is 0 Å². The summed E-state index contributed by atoms with van der Waals surface area (Å²) < 4.78 is 1.83. The van der Waals surface area contributed by atoms with Crippen molar-refractivity contribution >= 4 is 44.4 Å². The maximum atomic E-state index is 12.3. The lowest BCUT2D eigenvalue weighted by atomic mass is 9.82. The minimum atomic E-state index is -0.715. The number of halogens is 2. The molecule has 0 spiro atoms. The van der Waals surface area contributed by atoms with E-state index in [0.29, 0.717) is 18.7 Å². The Hall–Kier alpha value is -0.140. The van der Waals surface area contributed by atoms with Crippen LogP contribution in [0.1, 0.15) is 24.2 Å². The molecule has 1 aromatic rings. The molecule has 0 aliphatic carbocycles. The molecule has 1 heterocycles. The molecule has 1 N–H and O–H groups in total. The monoisotopic (exact) mass is 423 g/mol. The summed E-state index contributed by atoms with van der Waals surface area (Å²) >= 11 is 5.53. The Bertz CT molecular complexity index is 484. The smallest absolute Gasteiger partial charge is 0.255 e. The number of β-amino-alcohol motifs (C(OH)–C–C–N with tert-alkyl or cyclic N) is 1. The van der Waals surface area contributed by atoms with Crippen LogP contribution in [0.5, 0.6) is 0 Å². The Balaban J connectivity index is 2.13. The first-order valence-corrected chi connectivity index (χ1v) is 7.67. The molecule has 0 bridgehead atoms. The fourth-order valence-electron chi connectivity index (χ4n) is 1.96. The molecule has 1 aromatic carbocycles. The zero-order valence-corrected chi connectivity index (χ0v) is 14.0. The summed E-state index contributed by atoms with van der Waals surface area (Å²) in [5, 5.41) is 10.2. The quantitative estimate of drug-likeness (QED) is 0.743. The molecule has 1 amide bonds. The number of carbonyl (C=O) groups excluding carboxylic acids is 1. The third-order valence-corrected chi connectivity index (χ3v) is 4.88. The first kappa shape index (κ1) is 14.3. The second-order valence-electron chi connectivity index (χ2n) is 5.04. The number of hydrogen-bond acceptors (Lipinski definition) is 2. The van der Waals surface area contributed by atoms with Crippen LogP contribution in [-0.4, -0.2) is 34.6 Å². The second kappa shape index (κ2) is 5.09. The third kappa shape index (κ3) is 2.58. The Morgan fingerprint density at radius 3 is 2.67 bits per heavy atom. The fraction of sp³-hybridized carbons (Fsp3) is 0.462. The van der Waals surface area contributed by atoms with Gasteiger partial charge in [0.1, 0.15) is 5.60 Å². The number of aliphatic hydroxyl groups is 1. The number of benzene rings is 1. The van der Waals surface area contributed by atoms with Gasteiger partial charge in [0.05, 0.1) is 18.7 Å². The van der Waals surface area contributed by atoms with Gasteiger partial charge in [0.25, 0.3) is 5.91 Å². The lowest BCUT2D eigenvalue weighted by Crippen LogP contribution is -2.66. The normalized spacial score (nSPS) is 17.8. The van der Waals surface area contributed by atoms with E-state index < -0.39 is 5.60 Å². The van der Waals surface area contributed by atoms with Crippen LogP contribution in [0, 0.1) is 9.49 Å². The van der Waals surface area contributed by atoms with Crippen molar-refractivity contribution in [2.75, 3.05) is 13.1 Å². The minimum absolute atomic E-state index is 0.00831.